The number of aryl methyl sites for hydroxylation is 2. The van der Waals surface area contributed by atoms with Gasteiger partial charge in [-0.2, -0.15) is 0 Å². The molecule has 6 heteroatoms. The first-order chi connectivity index (χ1) is 9.91. The summed E-state index contributed by atoms with van der Waals surface area (Å²) in [6.07, 6.45) is 0. The Morgan fingerprint density at radius 1 is 1.33 bits per heavy atom. The van der Waals surface area contributed by atoms with E-state index in [1.54, 1.807) is 11.8 Å². The molecule has 0 aliphatic carbocycles. The zero-order valence-electron chi connectivity index (χ0n) is 12.5. The lowest BCUT2D eigenvalue weighted by Gasteiger charge is -2.28. The van der Waals surface area contributed by atoms with Gasteiger partial charge in [-0.1, -0.05) is 36.4 Å². The van der Waals surface area contributed by atoms with Crippen LogP contribution in [-0.2, 0) is 9.84 Å². The molecule has 1 aromatic rings. The monoisotopic (exact) mass is 324 g/mol. The van der Waals surface area contributed by atoms with Crippen LogP contribution in [0.25, 0.3) is 0 Å². The van der Waals surface area contributed by atoms with E-state index >= 15 is 0 Å². The van der Waals surface area contributed by atoms with Crippen molar-refractivity contribution in [1.29, 1.82) is 0 Å². The van der Waals surface area contributed by atoms with Gasteiger partial charge >= 0.3 is 0 Å². The summed E-state index contributed by atoms with van der Waals surface area (Å²) >= 11 is 1.69. The Kier molecular flexibility index (Phi) is 3.78. The van der Waals surface area contributed by atoms with Gasteiger partial charge in [0, 0.05) is 5.69 Å². The summed E-state index contributed by atoms with van der Waals surface area (Å²) in [4.78, 5) is 6.83. The second-order valence-corrected chi connectivity index (χ2v) is 9.10. The van der Waals surface area contributed by atoms with E-state index in [9.17, 15) is 8.42 Å². The number of sulfone groups is 1. The van der Waals surface area contributed by atoms with Gasteiger partial charge in [0.2, 0.25) is 0 Å². The molecule has 0 aromatic heterocycles. The van der Waals surface area contributed by atoms with E-state index in [1.807, 2.05) is 0 Å². The standard InChI is InChI=1S/C15H20N2O2S2/c1-4-20-15-16-12-8-21(18,19)9-14(12)17(15)13-6-5-10(2)7-11(13)3/h5-7,12,14H,4,8-9H2,1-3H3/t12-,14+/m0/s1. The molecule has 114 valence electrons. The first kappa shape index (κ1) is 14.9. The minimum Gasteiger partial charge on any atom is -0.315 e. The number of amidine groups is 1. The van der Waals surface area contributed by atoms with Gasteiger partial charge in [-0.05, 0) is 31.2 Å². The summed E-state index contributed by atoms with van der Waals surface area (Å²) in [6, 6.07) is 6.16. The first-order valence-electron chi connectivity index (χ1n) is 7.19. The highest BCUT2D eigenvalue weighted by Crippen LogP contribution is 2.36. The minimum absolute atomic E-state index is 0.0366. The van der Waals surface area contributed by atoms with Crippen molar-refractivity contribution in [3.63, 3.8) is 0 Å². The van der Waals surface area contributed by atoms with Gasteiger partial charge in [0.1, 0.15) is 0 Å². The minimum atomic E-state index is -2.96. The van der Waals surface area contributed by atoms with Gasteiger partial charge in [0.15, 0.2) is 15.0 Å². The highest BCUT2D eigenvalue weighted by Gasteiger charge is 2.47. The Morgan fingerprint density at radius 3 is 2.76 bits per heavy atom. The number of aliphatic imine (C=N–C) groups is 1. The highest BCUT2D eigenvalue weighted by molar-refractivity contribution is 8.14. The van der Waals surface area contributed by atoms with Crippen LogP contribution >= 0.6 is 11.8 Å². The zero-order valence-corrected chi connectivity index (χ0v) is 14.2. The quantitative estimate of drug-likeness (QED) is 0.838. The van der Waals surface area contributed by atoms with Crippen LogP contribution in [0.1, 0.15) is 18.1 Å². The summed E-state index contributed by atoms with van der Waals surface area (Å²) in [6.45, 7) is 6.24. The fourth-order valence-electron chi connectivity index (χ4n) is 3.12. The van der Waals surface area contributed by atoms with E-state index in [2.05, 4.69) is 48.9 Å². The molecule has 1 saturated heterocycles. The van der Waals surface area contributed by atoms with Gasteiger partial charge < -0.3 is 4.90 Å². The molecule has 0 radical (unpaired) electrons. The Bertz CT molecular complexity index is 698. The predicted octanol–water partition coefficient (Wildman–Crippen LogP) is 2.40. The summed E-state index contributed by atoms with van der Waals surface area (Å²) in [5.41, 5.74) is 3.47. The Balaban J connectivity index is 2.03. The number of thioether (sulfide) groups is 1. The van der Waals surface area contributed by atoms with Crippen LogP contribution in [-0.4, -0.2) is 42.9 Å². The van der Waals surface area contributed by atoms with Crippen LogP contribution in [0, 0.1) is 13.8 Å². The topological polar surface area (TPSA) is 49.7 Å². The average molecular weight is 324 g/mol. The van der Waals surface area contributed by atoms with Crippen molar-refractivity contribution in [2.45, 2.75) is 32.9 Å². The van der Waals surface area contributed by atoms with Gasteiger partial charge in [-0.25, -0.2) is 8.42 Å². The van der Waals surface area contributed by atoms with Crippen LogP contribution < -0.4 is 4.90 Å². The maximum Gasteiger partial charge on any atom is 0.164 e. The van der Waals surface area contributed by atoms with E-state index in [4.69, 9.17) is 0 Å². The van der Waals surface area contributed by atoms with E-state index < -0.39 is 9.84 Å². The van der Waals surface area contributed by atoms with E-state index in [1.165, 1.54) is 11.1 Å². The first-order valence-corrected chi connectivity index (χ1v) is 9.99. The summed E-state index contributed by atoms with van der Waals surface area (Å²) in [7, 11) is -2.96. The third-order valence-corrected chi connectivity index (χ3v) is 6.54. The van der Waals surface area contributed by atoms with Crippen molar-refractivity contribution in [2.24, 2.45) is 4.99 Å². The number of rotatable bonds is 2. The number of hydrogen-bond acceptors (Lipinski definition) is 5. The second kappa shape index (κ2) is 5.32. The molecule has 1 fully saturated rings. The Morgan fingerprint density at radius 2 is 2.10 bits per heavy atom. The van der Waals surface area contributed by atoms with Crippen molar-refractivity contribution in [2.75, 3.05) is 22.2 Å². The maximum absolute atomic E-state index is 11.9. The molecule has 2 heterocycles. The summed E-state index contributed by atoms with van der Waals surface area (Å²) in [5.74, 6) is 1.33. The normalized spacial score (nSPS) is 26.8. The third kappa shape index (κ3) is 2.71. The van der Waals surface area contributed by atoms with Crippen molar-refractivity contribution in [1.82, 2.24) is 0 Å². The lowest BCUT2D eigenvalue weighted by atomic mass is 10.1. The molecule has 2 aliphatic heterocycles. The largest absolute Gasteiger partial charge is 0.315 e. The summed E-state index contributed by atoms with van der Waals surface area (Å²) < 4.78 is 23.8. The van der Waals surface area contributed by atoms with Crippen LogP contribution in [0.3, 0.4) is 0 Å². The fraction of sp³-hybridized carbons (Fsp3) is 0.533. The third-order valence-electron chi connectivity index (χ3n) is 3.99. The predicted molar refractivity (Wildman–Crippen MR) is 90.2 cm³/mol. The van der Waals surface area contributed by atoms with Crippen LogP contribution in [0.5, 0.6) is 0 Å². The molecule has 4 nitrogen and oxygen atoms in total. The van der Waals surface area contributed by atoms with Crippen LogP contribution in [0.15, 0.2) is 23.2 Å². The zero-order chi connectivity index (χ0) is 15.2. The van der Waals surface area contributed by atoms with E-state index in [0.29, 0.717) is 0 Å². The molecule has 0 bridgehead atoms. The van der Waals surface area contributed by atoms with Crippen LogP contribution in [0.4, 0.5) is 5.69 Å². The fourth-order valence-corrected chi connectivity index (χ4v) is 5.81. The second-order valence-electron chi connectivity index (χ2n) is 5.72. The average Bonchev–Trinajstić information content (AvgIpc) is 2.82. The summed E-state index contributed by atoms with van der Waals surface area (Å²) in [5, 5.41) is 0.967. The lowest BCUT2D eigenvalue weighted by molar-refractivity contribution is 0.601. The molecular weight excluding hydrogens is 304 g/mol. The van der Waals surface area contributed by atoms with Crippen LogP contribution in [0.2, 0.25) is 0 Å². The molecule has 21 heavy (non-hydrogen) atoms. The number of anilines is 1. The Labute approximate surface area is 130 Å². The molecule has 0 amide bonds. The van der Waals surface area contributed by atoms with Gasteiger partial charge in [0.05, 0.1) is 23.6 Å². The van der Waals surface area contributed by atoms with Crippen molar-refractivity contribution in [3.05, 3.63) is 29.3 Å². The number of benzene rings is 1. The molecule has 1 aromatic carbocycles. The van der Waals surface area contributed by atoms with Crippen molar-refractivity contribution in [3.8, 4) is 0 Å². The SMILES string of the molecule is CCSC1=N[C@H]2CS(=O)(=O)C[C@H]2N1c1ccc(C)cc1C. The number of fused-ring (bicyclic) bond motifs is 1. The lowest BCUT2D eigenvalue weighted by Crippen LogP contribution is -2.39. The van der Waals surface area contributed by atoms with E-state index in [0.717, 1.165) is 16.6 Å². The molecule has 3 rings (SSSR count). The molecule has 0 N–H and O–H groups in total. The number of nitrogens with zero attached hydrogens (tertiary/aromatic N) is 2. The van der Waals surface area contributed by atoms with E-state index in [-0.39, 0.29) is 23.6 Å². The molecule has 0 saturated carbocycles. The van der Waals surface area contributed by atoms with Gasteiger partial charge in [0.25, 0.3) is 0 Å². The van der Waals surface area contributed by atoms with Gasteiger partial charge in [-0.15, -0.1) is 0 Å². The molecular formula is C15H20N2O2S2. The van der Waals surface area contributed by atoms with Crippen molar-refractivity contribution < 1.29 is 8.42 Å². The molecule has 2 aliphatic rings. The van der Waals surface area contributed by atoms with Crippen molar-refractivity contribution >= 4 is 32.5 Å². The molecule has 0 unspecified atom stereocenters. The van der Waals surface area contributed by atoms with Gasteiger partial charge in [-0.3, -0.25) is 4.99 Å². The highest BCUT2D eigenvalue weighted by atomic mass is 32.2. The Hall–Kier alpha value is -1.01. The molecule has 2 atom stereocenters. The number of hydrogen-bond donors (Lipinski definition) is 0. The smallest absolute Gasteiger partial charge is 0.164 e. The molecule has 0 spiro atoms. The maximum atomic E-state index is 11.9.